The van der Waals surface area contributed by atoms with E-state index in [0.29, 0.717) is 5.69 Å². The second kappa shape index (κ2) is 3.79. The zero-order chi connectivity index (χ0) is 11.8. The highest BCUT2D eigenvalue weighted by Gasteiger charge is 2.22. The van der Waals surface area contributed by atoms with Crippen molar-refractivity contribution in [2.24, 2.45) is 0 Å². The lowest BCUT2D eigenvalue weighted by Crippen LogP contribution is -2.14. The van der Waals surface area contributed by atoms with Gasteiger partial charge in [0.2, 0.25) is 5.39 Å². The van der Waals surface area contributed by atoms with Gasteiger partial charge in [0.1, 0.15) is 0 Å². The molecule has 0 aliphatic carbocycles. The van der Waals surface area contributed by atoms with Crippen molar-refractivity contribution in [3.8, 4) is 0 Å². The predicted octanol–water partition coefficient (Wildman–Crippen LogP) is 4.40. The lowest BCUT2D eigenvalue weighted by molar-refractivity contribution is 1.11. The summed E-state index contributed by atoms with van der Waals surface area (Å²) in [6.07, 6.45) is 0. The number of nitrogens with zero attached hydrogens (tertiary/aromatic N) is 3. The molecule has 1 aliphatic rings. The Bertz CT molecular complexity index is 631. The van der Waals surface area contributed by atoms with Crippen LogP contribution in [0, 0.1) is 5.39 Å². The van der Waals surface area contributed by atoms with E-state index in [4.69, 9.17) is 5.39 Å². The van der Waals surface area contributed by atoms with Gasteiger partial charge in [-0.25, -0.2) is 0 Å². The van der Waals surface area contributed by atoms with Crippen LogP contribution in [0.4, 0.5) is 17.1 Å². The Hall–Kier alpha value is -1.99. The molecule has 2 aromatic rings. The van der Waals surface area contributed by atoms with Crippen molar-refractivity contribution in [1.82, 2.24) is 0 Å². The van der Waals surface area contributed by atoms with E-state index in [2.05, 4.69) is 22.0 Å². The molecule has 2 aromatic carbocycles. The van der Waals surface area contributed by atoms with Gasteiger partial charge in [-0.2, -0.15) is 0 Å². The molecule has 0 atom stereocenters. The molecule has 0 N–H and O–H groups in total. The van der Waals surface area contributed by atoms with Gasteiger partial charge in [0.25, 0.3) is 0 Å². The van der Waals surface area contributed by atoms with Gasteiger partial charge in [-0.05, 0) is 18.2 Å². The van der Waals surface area contributed by atoms with Crippen LogP contribution in [0.2, 0.25) is 0 Å². The Morgan fingerprint density at radius 3 is 2.65 bits per heavy atom. The van der Waals surface area contributed by atoms with Crippen molar-refractivity contribution in [2.45, 2.75) is 9.79 Å². The number of anilines is 2. The number of fused-ring (bicyclic) bond motifs is 2. The largest absolute Gasteiger partial charge is 0.386 e. The SMILES string of the molecule is CN1c2ccccc2Sc2cc([N+]#N)ccc21. The van der Waals surface area contributed by atoms with Gasteiger partial charge in [-0.3, -0.25) is 0 Å². The van der Waals surface area contributed by atoms with Gasteiger partial charge >= 0.3 is 5.69 Å². The van der Waals surface area contributed by atoms with Gasteiger partial charge in [0.05, 0.1) is 11.4 Å². The topological polar surface area (TPSA) is 31.4 Å². The fraction of sp³-hybridized carbons (Fsp3) is 0.0769. The van der Waals surface area contributed by atoms with Crippen LogP contribution in [-0.4, -0.2) is 7.05 Å². The Kier molecular flexibility index (Phi) is 2.27. The lowest BCUT2D eigenvalue weighted by Gasteiger charge is -2.28. The molecule has 3 rings (SSSR count). The van der Waals surface area contributed by atoms with Gasteiger partial charge in [-0.15, -0.1) is 0 Å². The van der Waals surface area contributed by atoms with E-state index in [9.17, 15) is 0 Å². The minimum absolute atomic E-state index is 0.587. The van der Waals surface area contributed by atoms with Crippen LogP contribution < -0.4 is 4.90 Å². The van der Waals surface area contributed by atoms with Crippen LogP contribution in [-0.2, 0) is 0 Å². The minimum atomic E-state index is 0.587. The molecule has 0 unspecified atom stereocenters. The summed E-state index contributed by atoms with van der Waals surface area (Å²) in [7, 11) is 2.05. The van der Waals surface area contributed by atoms with Crippen molar-refractivity contribution in [3.63, 3.8) is 0 Å². The summed E-state index contributed by atoms with van der Waals surface area (Å²) in [5, 5.41) is 8.80. The molecule has 0 amide bonds. The van der Waals surface area contributed by atoms with E-state index in [1.807, 2.05) is 37.4 Å². The molecule has 1 heterocycles. The smallest absolute Gasteiger partial charge is 0.343 e. The molecule has 1 aliphatic heterocycles. The standard InChI is InChI=1S/C13H10N3S/c1-16-10-4-2-3-5-12(10)17-13-8-9(15-14)6-7-11(13)16/h2-8H,1H3/q+1. The first-order valence-corrected chi connectivity index (χ1v) is 6.11. The molecular weight excluding hydrogens is 230 g/mol. The Morgan fingerprint density at radius 1 is 1.06 bits per heavy atom. The number of para-hydroxylation sites is 1. The summed E-state index contributed by atoms with van der Waals surface area (Å²) in [6, 6.07) is 14.0. The van der Waals surface area contributed by atoms with Gasteiger partial charge in [0.15, 0.2) is 4.98 Å². The highest BCUT2D eigenvalue weighted by atomic mass is 32.2. The summed E-state index contributed by atoms with van der Waals surface area (Å²) in [6.45, 7) is 0. The minimum Gasteiger partial charge on any atom is -0.343 e. The number of hydrogen-bond acceptors (Lipinski definition) is 3. The highest BCUT2D eigenvalue weighted by molar-refractivity contribution is 7.99. The zero-order valence-corrected chi connectivity index (χ0v) is 10.1. The molecule has 17 heavy (non-hydrogen) atoms. The quantitative estimate of drug-likeness (QED) is 0.639. The van der Waals surface area contributed by atoms with E-state index in [1.165, 1.54) is 10.6 Å². The van der Waals surface area contributed by atoms with Crippen molar-refractivity contribution in [1.29, 1.82) is 5.39 Å². The maximum Gasteiger partial charge on any atom is 0.386 e. The molecule has 82 valence electrons. The zero-order valence-electron chi connectivity index (χ0n) is 9.29. The Labute approximate surface area is 104 Å². The van der Waals surface area contributed by atoms with Crippen LogP contribution in [0.1, 0.15) is 0 Å². The third kappa shape index (κ3) is 1.56. The van der Waals surface area contributed by atoms with Crippen LogP contribution in [0.25, 0.3) is 4.98 Å². The molecule has 0 saturated heterocycles. The van der Waals surface area contributed by atoms with Gasteiger partial charge < -0.3 is 4.90 Å². The monoisotopic (exact) mass is 240 g/mol. The van der Waals surface area contributed by atoms with Crippen molar-refractivity contribution < 1.29 is 0 Å². The van der Waals surface area contributed by atoms with E-state index in [-0.39, 0.29) is 0 Å². The summed E-state index contributed by atoms with van der Waals surface area (Å²) >= 11 is 1.70. The molecule has 0 saturated carbocycles. The van der Waals surface area contributed by atoms with Crippen LogP contribution in [0.3, 0.4) is 0 Å². The number of hydrogen-bond donors (Lipinski definition) is 0. The molecule has 0 fully saturated rings. The average Bonchev–Trinajstić information content (AvgIpc) is 2.38. The molecule has 0 bridgehead atoms. The van der Waals surface area contributed by atoms with Gasteiger partial charge in [-0.1, -0.05) is 23.9 Å². The number of diazo groups is 1. The lowest BCUT2D eigenvalue weighted by atomic mass is 10.2. The molecule has 3 nitrogen and oxygen atoms in total. The normalized spacial score (nSPS) is 12.6. The number of rotatable bonds is 0. The van der Waals surface area contributed by atoms with Crippen molar-refractivity contribution >= 4 is 28.8 Å². The second-order valence-corrected chi connectivity index (χ2v) is 4.96. The number of benzene rings is 2. The first-order chi connectivity index (χ1) is 8.29. The maximum atomic E-state index is 8.80. The first kappa shape index (κ1) is 10.2. The Balaban J connectivity index is 2.17. The van der Waals surface area contributed by atoms with E-state index < -0.39 is 0 Å². The first-order valence-electron chi connectivity index (χ1n) is 5.29. The summed E-state index contributed by atoms with van der Waals surface area (Å²) in [5.74, 6) is 0. The fourth-order valence-electron chi connectivity index (χ4n) is 1.99. The highest BCUT2D eigenvalue weighted by Crippen LogP contribution is 2.48. The summed E-state index contributed by atoms with van der Waals surface area (Å²) in [5.41, 5.74) is 2.93. The maximum absolute atomic E-state index is 8.80. The Morgan fingerprint density at radius 2 is 1.82 bits per heavy atom. The predicted molar refractivity (Wildman–Crippen MR) is 69.8 cm³/mol. The van der Waals surface area contributed by atoms with Crippen LogP contribution in [0.15, 0.2) is 52.3 Å². The van der Waals surface area contributed by atoms with Gasteiger partial charge in [0, 0.05) is 29.0 Å². The van der Waals surface area contributed by atoms with E-state index in [0.717, 1.165) is 10.6 Å². The van der Waals surface area contributed by atoms with Crippen molar-refractivity contribution in [3.05, 3.63) is 47.4 Å². The van der Waals surface area contributed by atoms with Crippen molar-refractivity contribution in [2.75, 3.05) is 11.9 Å². The summed E-state index contributed by atoms with van der Waals surface area (Å²) < 4.78 is 0. The molecule has 4 heteroatoms. The third-order valence-corrected chi connectivity index (χ3v) is 3.98. The fourth-order valence-corrected chi connectivity index (χ4v) is 3.17. The van der Waals surface area contributed by atoms with E-state index >= 15 is 0 Å². The van der Waals surface area contributed by atoms with Crippen LogP contribution >= 0.6 is 11.8 Å². The second-order valence-electron chi connectivity index (χ2n) is 3.88. The van der Waals surface area contributed by atoms with Crippen LogP contribution in [0.5, 0.6) is 0 Å². The van der Waals surface area contributed by atoms with E-state index in [1.54, 1.807) is 11.8 Å². The molecular formula is C13H10N3S+. The summed E-state index contributed by atoms with van der Waals surface area (Å²) in [4.78, 5) is 7.72. The third-order valence-electron chi connectivity index (χ3n) is 2.87. The molecule has 0 radical (unpaired) electrons. The average molecular weight is 240 g/mol. The molecule has 0 aromatic heterocycles. The molecule has 0 spiro atoms.